The fourth-order valence-electron chi connectivity index (χ4n) is 2.48. The van der Waals surface area contributed by atoms with E-state index < -0.39 is 10.0 Å². The van der Waals surface area contributed by atoms with Gasteiger partial charge in [0.15, 0.2) is 0 Å². The average molecular weight is 492 g/mol. The van der Waals surface area contributed by atoms with Gasteiger partial charge in [0, 0.05) is 27.1 Å². The number of nitrogens with one attached hydrogen (secondary N) is 1. The van der Waals surface area contributed by atoms with E-state index in [4.69, 9.17) is 23.2 Å². The first-order valence-corrected chi connectivity index (χ1v) is 11.2. The van der Waals surface area contributed by atoms with Crippen molar-refractivity contribution in [2.45, 2.75) is 30.3 Å². The molecule has 1 aliphatic rings. The van der Waals surface area contributed by atoms with E-state index in [9.17, 15) is 13.2 Å². The highest BCUT2D eigenvalue weighted by atomic mass is 79.9. The summed E-state index contributed by atoms with van der Waals surface area (Å²) in [5.41, 5.74) is 0.570. The lowest BCUT2D eigenvalue weighted by atomic mass is 10.2. The van der Waals surface area contributed by atoms with Gasteiger partial charge in [-0.05, 0) is 54.8 Å². The van der Waals surface area contributed by atoms with Gasteiger partial charge in [-0.25, -0.2) is 8.42 Å². The van der Waals surface area contributed by atoms with Crippen LogP contribution in [0.1, 0.15) is 18.4 Å². The summed E-state index contributed by atoms with van der Waals surface area (Å²) in [4.78, 5) is 12.4. The molecule has 1 saturated carbocycles. The molecule has 0 atom stereocenters. The summed E-state index contributed by atoms with van der Waals surface area (Å²) in [6.07, 6.45) is 1.85. The molecule has 0 saturated heterocycles. The standard InChI is InChI=1S/C18H17BrCl2N2O3S/c19-13-2-7-16(8-3-13)27(25,26)23(11-18(24)22-15-5-6-15)10-12-1-4-14(20)9-17(12)21/h1-4,7-9,15H,5-6,10-11H2,(H,22,24). The zero-order valence-corrected chi connectivity index (χ0v) is 18.1. The van der Waals surface area contributed by atoms with Crippen LogP contribution in [0.15, 0.2) is 51.8 Å². The molecule has 2 aromatic rings. The van der Waals surface area contributed by atoms with Gasteiger partial charge in [-0.2, -0.15) is 4.31 Å². The molecule has 9 heteroatoms. The first kappa shape index (κ1) is 20.6. The van der Waals surface area contributed by atoms with Gasteiger partial charge in [-0.15, -0.1) is 0 Å². The van der Waals surface area contributed by atoms with E-state index in [1.807, 2.05) is 0 Å². The summed E-state index contributed by atoms with van der Waals surface area (Å²) >= 11 is 15.4. The second-order valence-electron chi connectivity index (χ2n) is 6.30. The Balaban J connectivity index is 1.90. The van der Waals surface area contributed by atoms with Crippen molar-refractivity contribution in [1.82, 2.24) is 9.62 Å². The molecule has 0 aromatic heterocycles. The first-order valence-electron chi connectivity index (χ1n) is 8.25. The zero-order chi connectivity index (χ0) is 19.6. The van der Waals surface area contributed by atoms with Crippen molar-refractivity contribution < 1.29 is 13.2 Å². The maximum Gasteiger partial charge on any atom is 0.243 e. The minimum atomic E-state index is -3.89. The molecule has 1 aliphatic carbocycles. The molecule has 0 bridgehead atoms. The second kappa shape index (κ2) is 8.49. The van der Waals surface area contributed by atoms with E-state index in [0.29, 0.717) is 15.6 Å². The van der Waals surface area contributed by atoms with Gasteiger partial charge in [-0.3, -0.25) is 4.79 Å². The monoisotopic (exact) mass is 490 g/mol. The Kier molecular flexibility index (Phi) is 6.48. The van der Waals surface area contributed by atoms with Crippen molar-refractivity contribution in [2.75, 3.05) is 6.54 Å². The van der Waals surface area contributed by atoms with E-state index in [2.05, 4.69) is 21.2 Å². The maximum atomic E-state index is 13.1. The van der Waals surface area contributed by atoms with Gasteiger partial charge in [0.05, 0.1) is 11.4 Å². The second-order valence-corrected chi connectivity index (χ2v) is 10.0. The molecule has 3 rings (SSSR count). The number of carbonyl (C=O) groups is 1. The molecule has 1 amide bonds. The summed E-state index contributed by atoms with van der Waals surface area (Å²) in [5, 5.41) is 3.62. The van der Waals surface area contributed by atoms with Crippen LogP contribution in [-0.4, -0.2) is 31.2 Å². The van der Waals surface area contributed by atoms with Gasteiger partial charge in [0.25, 0.3) is 0 Å². The summed E-state index contributed by atoms with van der Waals surface area (Å²) in [6.45, 7) is -0.319. The summed E-state index contributed by atoms with van der Waals surface area (Å²) < 4.78 is 28.1. The Hall–Kier alpha value is -1.12. The maximum absolute atomic E-state index is 13.1. The fourth-order valence-corrected chi connectivity index (χ4v) is 4.59. The number of carbonyl (C=O) groups excluding carboxylic acids is 1. The van der Waals surface area contributed by atoms with Gasteiger partial charge in [-0.1, -0.05) is 45.2 Å². The lowest BCUT2D eigenvalue weighted by molar-refractivity contribution is -0.121. The molecule has 0 spiro atoms. The third-order valence-electron chi connectivity index (χ3n) is 4.08. The molecule has 1 fully saturated rings. The van der Waals surface area contributed by atoms with Crippen LogP contribution in [0.5, 0.6) is 0 Å². The number of amides is 1. The topological polar surface area (TPSA) is 66.5 Å². The van der Waals surface area contributed by atoms with Crippen molar-refractivity contribution in [3.05, 3.63) is 62.5 Å². The van der Waals surface area contributed by atoms with E-state index in [1.54, 1.807) is 30.3 Å². The SMILES string of the molecule is O=C(CN(Cc1ccc(Cl)cc1Cl)S(=O)(=O)c1ccc(Br)cc1)NC1CC1. The van der Waals surface area contributed by atoms with Crippen LogP contribution >= 0.6 is 39.1 Å². The van der Waals surface area contributed by atoms with E-state index in [1.165, 1.54) is 12.1 Å². The number of halogens is 3. The van der Waals surface area contributed by atoms with Crippen LogP contribution < -0.4 is 5.32 Å². The van der Waals surface area contributed by atoms with Crippen molar-refractivity contribution in [1.29, 1.82) is 0 Å². The molecular weight excluding hydrogens is 475 g/mol. The number of sulfonamides is 1. The predicted octanol–water partition coefficient (Wildman–Crippen LogP) is 4.23. The van der Waals surface area contributed by atoms with Crippen LogP contribution in [0.4, 0.5) is 0 Å². The lowest BCUT2D eigenvalue weighted by Crippen LogP contribution is -2.41. The largest absolute Gasteiger partial charge is 0.352 e. The van der Waals surface area contributed by atoms with Crippen molar-refractivity contribution in [3.8, 4) is 0 Å². The first-order chi connectivity index (χ1) is 12.8. The van der Waals surface area contributed by atoms with Crippen LogP contribution in [-0.2, 0) is 21.4 Å². The fraction of sp³-hybridized carbons (Fsp3) is 0.278. The van der Waals surface area contributed by atoms with Crippen molar-refractivity contribution >= 4 is 55.1 Å². The number of nitrogens with zero attached hydrogens (tertiary/aromatic N) is 1. The minimum absolute atomic E-state index is 0.0352. The highest BCUT2D eigenvalue weighted by Gasteiger charge is 2.30. The lowest BCUT2D eigenvalue weighted by Gasteiger charge is -2.22. The third kappa shape index (κ3) is 5.45. The zero-order valence-electron chi connectivity index (χ0n) is 14.2. The molecule has 0 radical (unpaired) electrons. The number of hydrogen-bond donors (Lipinski definition) is 1. The number of benzene rings is 2. The van der Waals surface area contributed by atoms with Gasteiger partial charge in [0.1, 0.15) is 0 Å². The molecule has 0 unspecified atom stereocenters. The molecular formula is C18H17BrCl2N2O3S. The number of hydrogen-bond acceptors (Lipinski definition) is 3. The molecule has 5 nitrogen and oxygen atoms in total. The average Bonchev–Trinajstić information content (AvgIpc) is 3.40. The molecule has 144 valence electrons. The predicted molar refractivity (Wildman–Crippen MR) is 109 cm³/mol. The molecule has 2 aromatic carbocycles. The Labute approximate surface area is 176 Å². The Morgan fingerprint density at radius 3 is 2.41 bits per heavy atom. The summed E-state index contributed by atoms with van der Waals surface area (Å²) in [6, 6.07) is 11.3. The third-order valence-corrected chi connectivity index (χ3v) is 7.00. The highest BCUT2D eigenvalue weighted by Crippen LogP contribution is 2.26. The van der Waals surface area contributed by atoms with Gasteiger partial charge < -0.3 is 5.32 Å². The van der Waals surface area contributed by atoms with Gasteiger partial charge in [0.2, 0.25) is 15.9 Å². The highest BCUT2D eigenvalue weighted by molar-refractivity contribution is 9.10. The van der Waals surface area contributed by atoms with Gasteiger partial charge >= 0.3 is 0 Å². The van der Waals surface area contributed by atoms with Crippen LogP contribution in [0.25, 0.3) is 0 Å². The smallest absolute Gasteiger partial charge is 0.243 e. The molecule has 27 heavy (non-hydrogen) atoms. The van der Waals surface area contributed by atoms with Crippen LogP contribution in [0, 0.1) is 0 Å². The Morgan fingerprint density at radius 1 is 1.15 bits per heavy atom. The quantitative estimate of drug-likeness (QED) is 0.630. The molecule has 0 aliphatic heterocycles. The van der Waals surface area contributed by atoms with Crippen molar-refractivity contribution in [3.63, 3.8) is 0 Å². The van der Waals surface area contributed by atoms with Crippen LogP contribution in [0.3, 0.4) is 0 Å². The summed E-state index contributed by atoms with van der Waals surface area (Å²) in [7, 11) is -3.89. The normalized spacial score (nSPS) is 14.4. The molecule has 1 N–H and O–H groups in total. The van der Waals surface area contributed by atoms with E-state index in [-0.39, 0.29) is 29.9 Å². The van der Waals surface area contributed by atoms with E-state index in [0.717, 1.165) is 21.6 Å². The van der Waals surface area contributed by atoms with Crippen molar-refractivity contribution in [2.24, 2.45) is 0 Å². The number of rotatable bonds is 7. The minimum Gasteiger partial charge on any atom is -0.352 e. The Bertz CT molecular complexity index is 948. The molecule has 0 heterocycles. The summed E-state index contributed by atoms with van der Waals surface area (Å²) in [5.74, 6) is -0.330. The van der Waals surface area contributed by atoms with Crippen LogP contribution in [0.2, 0.25) is 10.0 Å². The van der Waals surface area contributed by atoms with E-state index >= 15 is 0 Å². The Morgan fingerprint density at radius 2 is 1.81 bits per heavy atom.